The molecule has 2 aliphatic carbocycles. The third-order valence-corrected chi connectivity index (χ3v) is 5.13. The minimum absolute atomic E-state index is 0.107. The molecule has 0 radical (unpaired) electrons. The average Bonchev–Trinajstić information content (AvgIpc) is 2.33. The first-order chi connectivity index (χ1) is 9.41. The molecule has 0 aromatic heterocycles. The molecule has 3 N–H and O–H groups in total. The summed E-state index contributed by atoms with van der Waals surface area (Å²) in [7, 11) is 0. The van der Waals surface area contributed by atoms with Crippen molar-refractivity contribution in [1.82, 2.24) is 10.6 Å². The molecule has 114 valence electrons. The summed E-state index contributed by atoms with van der Waals surface area (Å²) in [4.78, 5) is 23.8. The van der Waals surface area contributed by atoms with Crippen LogP contribution < -0.4 is 10.6 Å². The molecule has 0 aromatic rings. The van der Waals surface area contributed by atoms with Crippen LogP contribution in [0.1, 0.15) is 65.2 Å². The van der Waals surface area contributed by atoms with E-state index in [0.717, 1.165) is 38.5 Å². The Hall–Kier alpha value is -1.26. The van der Waals surface area contributed by atoms with Gasteiger partial charge in [0.1, 0.15) is 5.54 Å². The second-order valence-electron chi connectivity index (χ2n) is 6.66. The van der Waals surface area contributed by atoms with E-state index in [1.54, 1.807) is 0 Å². The van der Waals surface area contributed by atoms with Gasteiger partial charge in [-0.05, 0) is 44.4 Å². The molecular weight excluding hydrogens is 256 g/mol. The summed E-state index contributed by atoms with van der Waals surface area (Å²) in [6.45, 7) is 4.12. The van der Waals surface area contributed by atoms with Crippen molar-refractivity contribution in [2.75, 3.05) is 0 Å². The van der Waals surface area contributed by atoms with Crippen molar-refractivity contribution in [3.63, 3.8) is 0 Å². The van der Waals surface area contributed by atoms with Crippen molar-refractivity contribution in [2.24, 2.45) is 5.92 Å². The van der Waals surface area contributed by atoms with E-state index >= 15 is 0 Å². The number of urea groups is 1. The number of carbonyl (C=O) groups is 2. The fourth-order valence-electron chi connectivity index (χ4n) is 3.57. The Morgan fingerprint density at radius 3 is 2.35 bits per heavy atom. The van der Waals surface area contributed by atoms with Crippen molar-refractivity contribution in [3.05, 3.63) is 0 Å². The van der Waals surface area contributed by atoms with E-state index in [1.807, 2.05) is 0 Å². The molecule has 2 aliphatic rings. The summed E-state index contributed by atoms with van der Waals surface area (Å²) in [6.07, 6.45) is 6.96. The van der Waals surface area contributed by atoms with Crippen molar-refractivity contribution in [3.8, 4) is 0 Å². The van der Waals surface area contributed by atoms with Crippen molar-refractivity contribution in [1.29, 1.82) is 0 Å². The van der Waals surface area contributed by atoms with Crippen LogP contribution in [0, 0.1) is 5.92 Å². The van der Waals surface area contributed by atoms with Gasteiger partial charge in [-0.1, -0.05) is 26.7 Å². The van der Waals surface area contributed by atoms with Gasteiger partial charge >= 0.3 is 12.0 Å². The number of nitrogens with one attached hydrogen (secondary N) is 2. The molecule has 2 unspecified atom stereocenters. The number of rotatable bonds is 4. The minimum Gasteiger partial charge on any atom is -0.480 e. The lowest BCUT2D eigenvalue weighted by atomic mass is 9.74. The molecule has 2 amide bonds. The minimum atomic E-state index is -1.08. The first-order valence-electron chi connectivity index (χ1n) is 7.75. The van der Waals surface area contributed by atoms with Crippen molar-refractivity contribution >= 4 is 12.0 Å². The van der Waals surface area contributed by atoms with E-state index in [0.29, 0.717) is 18.8 Å². The molecule has 2 saturated carbocycles. The zero-order chi connectivity index (χ0) is 14.8. The lowest BCUT2D eigenvalue weighted by Gasteiger charge is -2.43. The lowest BCUT2D eigenvalue weighted by Crippen LogP contribution is -2.63. The van der Waals surface area contributed by atoms with E-state index in [-0.39, 0.29) is 11.6 Å². The van der Waals surface area contributed by atoms with Crippen LogP contribution in [0.2, 0.25) is 0 Å². The highest BCUT2D eigenvalue weighted by molar-refractivity contribution is 5.86. The fraction of sp³-hybridized carbons (Fsp3) is 0.867. The topological polar surface area (TPSA) is 78.4 Å². The van der Waals surface area contributed by atoms with Crippen LogP contribution in [0.25, 0.3) is 0 Å². The SMILES string of the molecule is CCC1(NC(=O)NC2(C(=O)O)CCCC(C)C2)CCC1. The Bertz CT molecular complexity index is 387. The molecule has 2 atom stereocenters. The zero-order valence-electron chi connectivity index (χ0n) is 12.5. The molecular formula is C15H26N2O3. The maximum Gasteiger partial charge on any atom is 0.329 e. The van der Waals surface area contributed by atoms with Gasteiger partial charge in [0, 0.05) is 5.54 Å². The van der Waals surface area contributed by atoms with Crippen LogP contribution in [-0.2, 0) is 4.79 Å². The molecule has 2 rings (SSSR count). The predicted molar refractivity (Wildman–Crippen MR) is 76.5 cm³/mol. The van der Waals surface area contributed by atoms with Gasteiger partial charge in [0.15, 0.2) is 0 Å². The van der Waals surface area contributed by atoms with Gasteiger partial charge < -0.3 is 15.7 Å². The van der Waals surface area contributed by atoms with Gasteiger partial charge in [-0.3, -0.25) is 0 Å². The molecule has 0 saturated heterocycles. The fourth-order valence-corrected chi connectivity index (χ4v) is 3.57. The average molecular weight is 282 g/mol. The van der Waals surface area contributed by atoms with Gasteiger partial charge in [-0.15, -0.1) is 0 Å². The number of amides is 2. The summed E-state index contributed by atoms with van der Waals surface area (Å²) in [6, 6.07) is -0.317. The van der Waals surface area contributed by atoms with E-state index < -0.39 is 11.5 Å². The summed E-state index contributed by atoms with van der Waals surface area (Å²) in [5, 5.41) is 15.3. The van der Waals surface area contributed by atoms with E-state index in [9.17, 15) is 14.7 Å². The largest absolute Gasteiger partial charge is 0.480 e. The zero-order valence-corrected chi connectivity index (χ0v) is 12.5. The summed E-state index contributed by atoms with van der Waals surface area (Å²) >= 11 is 0. The molecule has 5 nitrogen and oxygen atoms in total. The van der Waals surface area contributed by atoms with Crippen LogP contribution in [0.3, 0.4) is 0 Å². The first-order valence-corrected chi connectivity index (χ1v) is 7.75. The maximum atomic E-state index is 12.2. The van der Waals surface area contributed by atoms with Crippen molar-refractivity contribution in [2.45, 2.75) is 76.3 Å². The number of hydrogen-bond acceptors (Lipinski definition) is 2. The Morgan fingerprint density at radius 2 is 1.90 bits per heavy atom. The highest BCUT2D eigenvalue weighted by Gasteiger charge is 2.45. The Labute approximate surface area is 120 Å². The molecule has 0 heterocycles. The third-order valence-electron chi connectivity index (χ3n) is 5.13. The smallest absolute Gasteiger partial charge is 0.329 e. The van der Waals surface area contributed by atoms with Gasteiger partial charge in [-0.25, -0.2) is 9.59 Å². The van der Waals surface area contributed by atoms with E-state index in [1.165, 1.54) is 0 Å². The van der Waals surface area contributed by atoms with Crippen molar-refractivity contribution < 1.29 is 14.7 Å². The second kappa shape index (κ2) is 5.62. The Morgan fingerprint density at radius 1 is 1.20 bits per heavy atom. The van der Waals surface area contributed by atoms with Crippen LogP contribution in [-0.4, -0.2) is 28.2 Å². The highest BCUT2D eigenvalue weighted by Crippen LogP contribution is 2.35. The van der Waals surface area contributed by atoms with Crippen LogP contribution in [0.15, 0.2) is 0 Å². The number of carbonyl (C=O) groups excluding carboxylic acids is 1. The molecule has 5 heteroatoms. The summed E-state index contributed by atoms with van der Waals surface area (Å²) in [5.74, 6) is -0.567. The molecule has 0 aliphatic heterocycles. The molecule has 20 heavy (non-hydrogen) atoms. The molecule has 0 spiro atoms. The third kappa shape index (κ3) is 2.91. The van der Waals surface area contributed by atoms with Gasteiger partial charge in [0.2, 0.25) is 0 Å². The quantitative estimate of drug-likeness (QED) is 0.741. The standard InChI is InChI=1S/C15H26N2O3/c1-3-14(7-5-8-14)16-13(20)17-15(12(18)19)9-4-6-11(2)10-15/h11H,3-10H2,1-2H3,(H,18,19)(H2,16,17,20). The first kappa shape index (κ1) is 15.1. The number of carboxylic acid groups (broad SMARTS) is 1. The normalized spacial score (nSPS) is 32.0. The molecule has 0 bridgehead atoms. The number of carboxylic acids is 1. The number of aliphatic carboxylic acids is 1. The van der Waals surface area contributed by atoms with E-state index in [2.05, 4.69) is 24.5 Å². The Kier molecular flexibility index (Phi) is 4.25. The van der Waals surface area contributed by atoms with Gasteiger partial charge in [-0.2, -0.15) is 0 Å². The maximum absolute atomic E-state index is 12.2. The number of hydrogen-bond donors (Lipinski definition) is 3. The monoisotopic (exact) mass is 282 g/mol. The predicted octanol–water partition coefficient (Wildman–Crippen LogP) is 2.65. The van der Waals surface area contributed by atoms with Gasteiger partial charge in [0.05, 0.1) is 0 Å². The summed E-state index contributed by atoms with van der Waals surface area (Å²) in [5.41, 5.74) is -1.19. The molecule has 0 aromatic carbocycles. The van der Waals surface area contributed by atoms with Crippen LogP contribution >= 0.6 is 0 Å². The molecule has 2 fully saturated rings. The van der Waals surface area contributed by atoms with Gasteiger partial charge in [0.25, 0.3) is 0 Å². The second-order valence-corrected chi connectivity index (χ2v) is 6.66. The summed E-state index contributed by atoms with van der Waals surface area (Å²) < 4.78 is 0. The van der Waals surface area contributed by atoms with Crippen LogP contribution in [0.5, 0.6) is 0 Å². The van der Waals surface area contributed by atoms with Crippen LogP contribution in [0.4, 0.5) is 4.79 Å². The Balaban J connectivity index is 2.01. The van der Waals surface area contributed by atoms with E-state index in [4.69, 9.17) is 0 Å². The lowest BCUT2D eigenvalue weighted by molar-refractivity contribution is -0.146. The highest BCUT2D eigenvalue weighted by atomic mass is 16.4.